The van der Waals surface area contributed by atoms with Gasteiger partial charge in [0.15, 0.2) is 5.82 Å². The van der Waals surface area contributed by atoms with Crippen LogP contribution < -0.4 is 5.32 Å². The smallest absolute Gasteiger partial charge is 0.247 e. The summed E-state index contributed by atoms with van der Waals surface area (Å²) in [6, 6.07) is 3.76. The number of amides is 1. The van der Waals surface area contributed by atoms with E-state index in [4.69, 9.17) is 0 Å². The molecule has 0 unspecified atom stereocenters. The van der Waals surface area contributed by atoms with E-state index < -0.39 is 0 Å². The van der Waals surface area contributed by atoms with Gasteiger partial charge in [0.2, 0.25) is 5.91 Å². The number of hydrogen-bond donors (Lipinski definition) is 1. The highest BCUT2D eigenvalue weighted by atomic mass is 16.2. The molecule has 1 aliphatic heterocycles. The van der Waals surface area contributed by atoms with E-state index in [0.717, 1.165) is 46.9 Å². The SMILES string of the molecule is Cc1cccnc1Nc1nccnc1[C@@H]1CCCN1C(=O)/C=C/c1c(C)nn(C)c1C. The summed E-state index contributed by atoms with van der Waals surface area (Å²) in [5, 5.41) is 7.72. The number of carbonyl (C=O) groups excluding carboxylic acids is 1. The Labute approximate surface area is 182 Å². The van der Waals surface area contributed by atoms with Crippen molar-refractivity contribution >= 4 is 23.6 Å². The molecule has 1 amide bonds. The number of likely N-dealkylation sites (tertiary alicyclic amines) is 1. The molecule has 4 rings (SSSR count). The zero-order chi connectivity index (χ0) is 22.0. The number of pyridine rings is 1. The molecule has 160 valence electrons. The Morgan fingerprint density at radius 3 is 2.65 bits per heavy atom. The van der Waals surface area contributed by atoms with Gasteiger partial charge in [0.05, 0.1) is 11.7 Å². The monoisotopic (exact) mass is 417 g/mol. The van der Waals surface area contributed by atoms with Crippen molar-refractivity contribution in [1.29, 1.82) is 0 Å². The lowest BCUT2D eigenvalue weighted by Crippen LogP contribution is -2.30. The molecule has 3 aromatic heterocycles. The maximum Gasteiger partial charge on any atom is 0.247 e. The topological polar surface area (TPSA) is 88.8 Å². The summed E-state index contributed by atoms with van der Waals surface area (Å²) in [6.07, 6.45) is 10.3. The van der Waals surface area contributed by atoms with Gasteiger partial charge in [0.25, 0.3) is 0 Å². The van der Waals surface area contributed by atoms with Crippen LogP contribution in [0.5, 0.6) is 0 Å². The number of rotatable bonds is 5. The molecule has 8 heteroatoms. The molecule has 8 nitrogen and oxygen atoms in total. The average molecular weight is 418 g/mol. The molecule has 0 radical (unpaired) electrons. The first-order valence-corrected chi connectivity index (χ1v) is 10.4. The van der Waals surface area contributed by atoms with Gasteiger partial charge in [-0.25, -0.2) is 9.97 Å². The van der Waals surface area contributed by atoms with Crippen LogP contribution >= 0.6 is 0 Å². The summed E-state index contributed by atoms with van der Waals surface area (Å²) in [5.41, 5.74) is 4.71. The maximum atomic E-state index is 13.1. The van der Waals surface area contributed by atoms with E-state index in [2.05, 4.69) is 25.4 Å². The first-order valence-electron chi connectivity index (χ1n) is 10.4. The highest BCUT2D eigenvalue weighted by Gasteiger charge is 2.32. The minimum Gasteiger partial charge on any atom is -0.330 e. The van der Waals surface area contributed by atoms with Crippen molar-refractivity contribution in [2.75, 3.05) is 11.9 Å². The van der Waals surface area contributed by atoms with Crippen molar-refractivity contribution in [2.24, 2.45) is 7.05 Å². The molecular formula is C23H27N7O. The number of anilines is 2. The Bertz CT molecular complexity index is 1130. The van der Waals surface area contributed by atoms with E-state index in [0.29, 0.717) is 12.4 Å². The Balaban J connectivity index is 1.58. The zero-order valence-electron chi connectivity index (χ0n) is 18.3. The number of aromatic nitrogens is 5. The van der Waals surface area contributed by atoms with Gasteiger partial charge in [-0.05, 0) is 51.3 Å². The third-order valence-corrected chi connectivity index (χ3v) is 5.78. The zero-order valence-corrected chi connectivity index (χ0v) is 18.3. The van der Waals surface area contributed by atoms with Crippen LogP contribution in [0.15, 0.2) is 36.8 Å². The summed E-state index contributed by atoms with van der Waals surface area (Å²) in [4.78, 5) is 28.4. The molecule has 3 aromatic rings. The second-order valence-electron chi connectivity index (χ2n) is 7.82. The van der Waals surface area contributed by atoms with Crippen LogP contribution in [0, 0.1) is 20.8 Å². The first-order chi connectivity index (χ1) is 15.0. The van der Waals surface area contributed by atoms with Crippen molar-refractivity contribution in [3.63, 3.8) is 0 Å². The normalized spacial score (nSPS) is 16.3. The molecule has 1 saturated heterocycles. The quantitative estimate of drug-likeness (QED) is 0.638. The van der Waals surface area contributed by atoms with Gasteiger partial charge < -0.3 is 10.2 Å². The Morgan fingerprint density at radius 2 is 1.90 bits per heavy atom. The van der Waals surface area contributed by atoms with Crippen LogP contribution in [-0.2, 0) is 11.8 Å². The number of hydrogen-bond acceptors (Lipinski definition) is 6. The molecule has 1 fully saturated rings. The number of aryl methyl sites for hydroxylation is 3. The van der Waals surface area contributed by atoms with Crippen LogP contribution in [-0.4, -0.2) is 42.1 Å². The molecule has 1 atom stereocenters. The summed E-state index contributed by atoms with van der Waals surface area (Å²) in [6.45, 7) is 6.63. The molecular weight excluding hydrogens is 390 g/mol. The highest BCUT2D eigenvalue weighted by Crippen LogP contribution is 2.35. The molecule has 0 aliphatic carbocycles. The second kappa shape index (κ2) is 8.67. The predicted molar refractivity (Wildman–Crippen MR) is 120 cm³/mol. The fourth-order valence-corrected chi connectivity index (χ4v) is 4.01. The third kappa shape index (κ3) is 4.19. The Hall–Kier alpha value is -3.55. The summed E-state index contributed by atoms with van der Waals surface area (Å²) in [5.74, 6) is 1.34. The van der Waals surface area contributed by atoms with Gasteiger partial charge in [-0.15, -0.1) is 0 Å². The first kappa shape index (κ1) is 20.7. The van der Waals surface area contributed by atoms with E-state index in [1.165, 1.54) is 0 Å². The summed E-state index contributed by atoms with van der Waals surface area (Å²) >= 11 is 0. The molecule has 1 N–H and O–H groups in total. The van der Waals surface area contributed by atoms with Crippen LogP contribution in [0.3, 0.4) is 0 Å². The lowest BCUT2D eigenvalue weighted by atomic mass is 10.1. The minimum atomic E-state index is -0.131. The van der Waals surface area contributed by atoms with Crippen molar-refractivity contribution in [3.8, 4) is 0 Å². The van der Waals surface area contributed by atoms with E-state index >= 15 is 0 Å². The fraction of sp³-hybridized carbons (Fsp3) is 0.348. The van der Waals surface area contributed by atoms with E-state index in [1.807, 2.05) is 55.6 Å². The largest absolute Gasteiger partial charge is 0.330 e. The molecule has 1 aliphatic rings. The van der Waals surface area contributed by atoms with Crippen molar-refractivity contribution in [1.82, 2.24) is 29.6 Å². The van der Waals surface area contributed by atoms with Gasteiger partial charge in [-0.2, -0.15) is 5.10 Å². The lowest BCUT2D eigenvalue weighted by molar-refractivity contribution is -0.126. The molecule has 0 bridgehead atoms. The van der Waals surface area contributed by atoms with Crippen LogP contribution in [0.2, 0.25) is 0 Å². The van der Waals surface area contributed by atoms with Gasteiger partial charge in [-0.1, -0.05) is 6.07 Å². The van der Waals surface area contributed by atoms with Gasteiger partial charge >= 0.3 is 0 Å². The van der Waals surface area contributed by atoms with Gasteiger partial charge in [0, 0.05) is 49.5 Å². The average Bonchev–Trinajstić information content (AvgIpc) is 3.33. The molecule has 0 aromatic carbocycles. The number of carbonyl (C=O) groups is 1. The van der Waals surface area contributed by atoms with Gasteiger partial charge in [-0.3, -0.25) is 14.5 Å². The molecule has 31 heavy (non-hydrogen) atoms. The lowest BCUT2D eigenvalue weighted by Gasteiger charge is -2.24. The maximum absolute atomic E-state index is 13.1. The number of nitrogens with zero attached hydrogens (tertiary/aromatic N) is 6. The molecule has 0 saturated carbocycles. The van der Waals surface area contributed by atoms with Crippen molar-refractivity contribution in [2.45, 2.75) is 39.7 Å². The van der Waals surface area contributed by atoms with E-state index in [1.54, 1.807) is 24.7 Å². The second-order valence-corrected chi connectivity index (χ2v) is 7.82. The Kier molecular flexibility index (Phi) is 5.79. The molecule has 4 heterocycles. The molecule has 0 spiro atoms. The predicted octanol–water partition coefficient (Wildman–Crippen LogP) is 3.65. The number of nitrogens with one attached hydrogen (secondary N) is 1. The van der Waals surface area contributed by atoms with Crippen molar-refractivity contribution in [3.05, 3.63) is 65.0 Å². The summed E-state index contributed by atoms with van der Waals surface area (Å²) < 4.78 is 1.83. The van der Waals surface area contributed by atoms with Crippen LogP contribution in [0.25, 0.3) is 6.08 Å². The van der Waals surface area contributed by atoms with E-state index in [9.17, 15) is 4.79 Å². The van der Waals surface area contributed by atoms with Crippen LogP contribution in [0.1, 0.15) is 47.1 Å². The highest BCUT2D eigenvalue weighted by molar-refractivity contribution is 5.92. The van der Waals surface area contributed by atoms with Crippen LogP contribution in [0.4, 0.5) is 11.6 Å². The van der Waals surface area contributed by atoms with Gasteiger partial charge in [0.1, 0.15) is 11.5 Å². The fourth-order valence-electron chi connectivity index (χ4n) is 4.01. The van der Waals surface area contributed by atoms with Crippen molar-refractivity contribution < 1.29 is 4.79 Å². The third-order valence-electron chi connectivity index (χ3n) is 5.78. The minimum absolute atomic E-state index is 0.0317. The van der Waals surface area contributed by atoms with E-state index in [-0.39, 0.29) is 11.9 Å². The standard InChI is InChI=1S/C23H27N7O/c1-15-7-5-11-25-22(15)27-23-21(24-12-13-26-23)19-8-6-14-30(19)20(31)10-9-18-16(2)28-29(4)17(18)3/h5,7,9-13,19H,6,8,14H2,1-4H3,(H,25,26,27)/b10-9+/t19-/m0/s1. The summed E-state index contributed by atoms with van der Waals surface area (Å²) in [7, 11) is 1.91. The Morgan fingerprint density at radius 1 is 1.13 bits per heavy atom.